The van der Waals surface area contributed by atoms with E-state index in [0.29, 0.717) is 29.0 Å². The molecule has 1 heterocycles. The van der Waals surface area contributed by atoms with Gasteiger partial charge >= 0.3 is 5.97 Å². The number of carbonyl (C=O) groups excluding carboxylic acids is 1. The minimum atomic E-state index is -0.143. The van der Waals surface area contributed by atoms with Crippen LogP contribution < -0.4 is 10.4 Å². The average molecular weight is 474 g/mol. The molecule has 0 amide bonds. The van der Waals surface area contributed by atoms with E-state index in [1.165, 1.54) is 38.3 Å². The number of fused-ring (bicyclic) bond motifs is 7. The highest BCUT2D eigenvalue weighted by molar-refractivity contribution is 5.66. The van der Waals surface area contributed by atoms with E-state index in [2.05, 4.69) is 55.5 Å². The number of hydrogen-bond donors (Lipinski definition) is 1. The number of esters is 1. The minimum absolute atomic E-state index is 0.0707. The number of nitrogens with zero attached hydrogens (tertiary/aromatic N) is 2. The highest BCUT2D eigenvalue weighted by atomic mass is 16.5. The molecule has 5 aliphatic rings. The fourth-order valence-electron chi connectivity index (χ4n) is 9.53. The molecule has 0 unspecified atom stereocenters. The van der Waals surface area contributed by atoms with Crippen LogP contribution in [-0.2, 0) is 9.53 Å². The van der Waals surface area contributed by atoms with Crippen molar-refractivity contribution in [2.75, 3.05) is 5.01 Å². The first kappa shape index (κ1) is 23.1. The molecule has 1 aromatic rings. The lowest BCUT2D eigenvalue weighted by atomic mass is 9.47. The number of nitrogens with one attached hydrogen (secondary N) is 1. The van der Waals surface area contributed by atoms with Crippen LogP contribution in [0, 0.1) is 45.8 Å². The van der Waals surface area contributed by atoms with Crippen LogP contribution in [0.1, 0.15) is 78.2 Å². The van der Waals surface area contributed by atoms with Crippen LogP contribution in [0.15, 0.2) is 35.9 Å². The van der Waals surface area contributed by atoms with Crippen LogP contribution in [0.2, 0.25) is 0 Å². The third-order valence-electron chi connectivity index (χ3n) is 11.0. The second kappa shape index (κ2) is 8.10. The largest absolute Gasteiger partial charge is 0.462 e. The zero-order chi connectivity index (χ0) is 24.5. The molecule has 4 aliphatic carbocycles. The van der Waals surface area contributed by atoms with Gasteiger partial charge in [0.1, 0.15) is 6.10 Å². The summed E-state index contributed by atoms with van der Waals surface area (Å²) in [5.41, 5.74) is 7.99. The molecule has 1 saturated heterocycles. The van der Waals surface area contributed by atoms with E-state index in [4.69, 9.17) is 4.74 Å². The van der Waals surface area contributed by atoms with E-state index in [0.717, 1.165) is 37.0 Å². The van der Waals surface area contributed by atoms with Crippen molar-refractivity contribution in [2.45, 2.75) is 90.8 Å². The van der Waals surface area contributed by atoms with Crippen LogP contribution in [0.25, 0.3) is 0 Å². The Hall–Kier alpha value is -2.32. The molecule has 0 bridgehead atoms. The zero-order valence-electron chi connectivity index (χ0n) is 21.6. The summed E-state index contributed by atoms with van der Waals surface area (Å²) in [5.74, 6) is 2.77. The second-order valence-electron chi connectivity index (χ2n) is 12.5. The van der Waals surface area contributed by atoms with Gasteiger partial charge in [-0.2, -0.15) is 5.26 Å². The molecule has 6 rings (SSSR count). The smallest absolute Gasteiger partial charge is 0.302 e. The van der Waals surface area contributed by atoms with Crippen LogP contribution in [0.4, 0.5) is 5.69 Å². The van der Waals surface area contributed by atoms with Gasteiger partial charge in [-0.25, -0.2) is 5.43 Å². The maximum Gasteiger partial charge on any atom is 0.302 e. The predicted molar refractivity (Wildman–Crippen MR) is 136 cm³/mol. The number of nitriles is 1. The molecule has 186 valence electrons. The van der Waals surface area contributed by atoms with E-state index in [1.807, 2.05) is 12.1 Å². The quantitative estimate of drug-likeness (QED) is 0.437. The van der Waals surface area contributed by atoms with Crippen molar-refractivity contribution >= 4 is 11.7 Å². The Morgan fingerprint density at radius 1 is 1.17 bits per heavy atom. The van der Waals surface area contributed by atoms with Crippen molar-refractivity contribution < 1.29 is 9.53 Å². The monoisotopic (exact) mass is 473 g/mol. The molecular weight excluding hydrogens is 434 g/mol. The summed E-state index contributed by atoms with van der Waals surface area (Å²) in [6.07, 6.45) is 10.8. The standard InChI is InChI=1S/C30H39N3O2/c1-18-28-27(32-33(18)22-8-5-20(17-31)6-9-22)16-26-24-10-7-21-15-23(35-19(2)34)11-13-29(21,3)25(24)12-14-30(26,28)4/h5-9,18,23-28,32H,10-16H2,1-4H3/t18-,23-,24+,25-,26-,27-,28-,29-,30-/m0/s1. The lowest BCUT2D eigenvalue weighted by molar-refractivity contribution is -0.148. The number of ether oxygens (including phenoxy) is 1. The molecule has 35 heavy (non-hydrogen) atoms. The Labute approximate surface area is 209 Å². The van der Waals surface area contributed by atoms with Gasteiger partial charge in [-0.05, 0) is 98.3 Å². The lowest BCUT2D eigenvalue weighted by Gasteiger charge is -2.58. The summed E-state index contributed by atoms with van der Waals surface area (Å²) in [6.45, 7) is 9.05. The Morgan fingerprint density at radius 3 is 2.66 bits per heavy atom. The van der Waals surface area contributed by atoms with Gasteiger partial charge in [0, 0.05) is 31.3 Å². The van der Waals surface area contributed by atoms with Gasteiger partial charge in [0.15, 0.2) is 0 Å². The first-order chi connectivity index (χ1) is 16.7. The van der Waals surface area contributed by atoms with Gasteiger partial charge in [-0.15, -0.1) is 0 Å². The first-order valence-corrected chi connectivity index (χ1v) is 13.7. The normalized spacial score (nSPS) is 43.8. The van der Waals surface area contributed by atoms with E-state index < -0.39 is 0 Å². The number of anilines is 1. The highest BCUT2D eigenvalue weighted by Crippen LogP contribution is 2.67. The number of allylic oxidation sites excluding steroid dienone is 1. The van der Waals surface area contributed by atoms with Gasteiger partial charge in [-0.1, -0.05) is 25.5 Å². The van der Waals surface area contributed by atoms with Gasteiger partial charge in [0.05, 0.1) is 17.3 Å². The van der Waals surface area contributed by atoms with Crippen molar-refractivity contribution in [2.24, 2.45) is 34.5 Å². The molecule has 0 aromatic heterocycles. The molecular formula is C30H39N3O2. The zero-order valence-corrected chi connectivity index (χ0v) is 21.6. The third-order valence-corrected chi connectivity index (χ3v) is 11.0. The highest BCUT2D eigenvalue weighted by Gasteiger charge is 2.64. The number of hydrazine groups is 1. The summed E-state index contributed by atoms with van der Waals surface area (Å²) >= 11 is 0. The Kier molecular flexibility index (Phi) is 5.35. The minimum Gasteiger partial charge on any atom is -0.462 e. The van der Waals surface area contributed by atoms with Crippen LogP contribution >= 0.6 is 0 Å². The lowest BCUT2D eigenvalue weighted by Crippen LogP contribution is -2.52. The summed E-state index contributed by atoms with van der Waals surface area (Å²) in [4.78, 5) is 11.5. The van der Waals surface area contributed by atoms with E-state index in [9.17, 15) is 10.1 Å². The summed E-state index contributed by atoms with van der Waals surface area (Å²) in [6, 6.07) is 11.2. The summed E-state index contributed by atoms with van der Waals surface area (Å²) < 4.78 is 5.62. The fourth-order valence-corrected chi connectivity index (χ4v) is 9.53. The summed E-state index contributed by atoms with van der Waals surface area (Å²) in [5, 5.41) is 11.5. The molecule has 1 aromatic carbocycles. The van der Waals surface area contributed by atoms with Crippen molar-refractivity contribution in [1.82, 2.24) is 5.43 Å². The molecule has 1 N–H and O–H groups in total. The summed E-state index contributed by atoms with van der Waals surface area (Å²) in [7, 11) is 0. The van der Waals surface area contributed by atoms with Crippen molar-refractivity contribution in [3.05, 3.63) is 41.5 Å². The van der Waals surface area contributed by atoms with Gasteiger partial charge in [0.25, 0.3) is 0 Å². The molecule has 5 nitrogen and oxygen atoms in total. The Bertz CT molecular complexity index is 1090. The molecule has 4 fully saturated rings. The van der Waals surface area contributed by atoms with E-state index >= 15 is 0 Å². The van der Waals surface area contributed by atoms with E-state index in [1.54, 1.807) is 5.57 Å². The molecule has 0 spiro atoms. The molecule has 0 radical (unpaired) electrons. The van der Waals surface area contributed by atoms with Gasteiger partial charge < -0.3 is 9.75 Å². The van der Waals surface area contributed by atoms with Crippen LogP contribution in [-0.4, -0.2) is 24.2 Å². The van der Waals surface area contributed by atoms with Crippen LogP contribution in [0.5, 0.6) is 0 Å². The topological polar surface area (TPSA) is 65.4 Å². The number of hydrogen-bond acceptors (Lipinski definition) is 5. The maximum absolute atomic E-state index is 11.5. The van der Waals surface area contributed by atoms with Gasteiger partial charge in [0.2, 0.25) is 0 Å². The van der Waals surface area contributed by atoms with Gasteiger partial charge in [-0.3, -0.25) is 4.79 Å². The number of benzene rings is 1. The Balaban J connectivity index is 1.23. The predicted octanol–water partition coefficient (Wildman–Crippen LogP) is 5.76. The van der Waals surface area contributed by atoms with Crippen molar-refractivity contribution in [3.8, 4) is 6.07 Å². The number of rotatable bonds is 2. The fraction of sp³-hybridized carbons (Fsp3) is 0.667. The molecule has 5 heteroatoms. The first-order valence-electron chi connectivity index (χ1n) is 13.7. The molecule has 1 aliphatic heterocycles. The van der Waals surface area contributed by atoms with E-state index in [-0.39, 0.29) is 17.5 Å². The Morgan fingerprint density at radius 2 is 1.94 bits per heavy atom. The van der Waals surface area contributed by atoms with Crippen molar-refractivity contribution in [3.63, 3.8) is 0 Å². The SMILES string of the molecule is CC(=O)O[C@H]1CC[C@@]2(C)C(=CC[C@H]3[C@@H]4C[C@@H]5NN(c6ccc(C#N)cc6)[C@@H](C)[C@@H]5[C@@]4(C)CC[C@@H]32)C1. The number of carbonyl (C=O) groups is 1. The van der Waals surface area contributed by atoms with Crippen molar-refractivity contribution in [1.29, 1.82) is 5.26 Å². The molecule has 3 saturated carbocycles. The third kappa shape index (κ3) is 3.39. The average Bonchev–Trinajstić information content (AvgIpc) is 3.32. The maximum atomic E-state index is 11.5. The van der Waals surface area contributed by atoms with Crippen LogP contribution in [0.3, 0.4) is 0 Å². The second-order valence-corrected chi connectivity index (χ2v) is 12.5. The molecule has 9 atom stereocenters.